The molecule has 0 bridgehead atoms. The molecule has 0 radical (unpaired) electrons. The van der Waals surface area contributed by atoms with E-state index in [4.69, 9.17) is 23.2 Å². The molecule has 0 saturated heterocycles. The Bertz CT molecular complexity index is 511. The first-order valence-electron chi connectivity index (χ1n) is 4.00. The van der Waals surface area contributed by atoms with Gasteiger partial charge in [-0.05, 0) is 25.1 Å². The molecular formula is C10H6Cl2FN. The molecule has 0 unspecified atom stereocenters. The van der Waals surface area contributed by atoms with Crippen molar-refractivity contribution in [2.75, 3.05) is 0 Å². The minimum absolute atomic E-state index is 0.331. The summed E-state index contributed by atoms with van der Waals surface area (Å²) in [5, 5.41) is 1.40. The second-order valence-corrected chi connectivity index (χ2v) is 3.74. The second kappa shape index (κ2) is 3.37. The molecule has 2 rings (SSSR count). The molecule has 1 aromatic heterocycles. The van der Waals surface area contributed by atoms with Crippen LogP contribution in [0.2, 0.25) is 10.2 Å². The molecule has 1 heterocycles. The Kier molecular flexibility index (Phi) is 2.33. The molecule has 0 N–H and O–H groups in total. The molecule has 72 valence electrons. The zero-order chi connectivity index (χ0) is 10.3. The molecule has 14 heavy (non-hydrogen) atoms. The maximum absolute atomic E-state index is 12.9. The van der Waals surface area contributed by atoms with Gasteiger partial charge in [-0.3, -0.25) is 0 Å². The van der Waals surface area contributed by atoms with Crippen molar-refractivity contribution in [3.8, 4) is 0 Å². The van der Waals surface area contributed by atoms with Crippen molar-refractivity contribution in [2.45, 2.75) is 6.92 Å². The van der Waals surface area contributed by atoms with Crippen LogP contribution in [0, 0.1) is 12.7 Å². The minimum Gasteiger partial charge on any atom is -0.236 e. The second-order valence-electron chi connectivity index (χ2n) is 3.00. The fourth-order valence-corrected chi connectivity index (χ4v) is 1.74. The van der Waals surface area contributed by atoms with Crippen LogP contribution < -0.4 is 0 Å². The zero-order valence-corrected chi connectivity index (χ0v) is 8.83. The lowest BCUT2D eigenvalue weighted by Crippen LogP contribution is -1.87. The molecule has 0 spiro atoms. The standard InChI is InChI=1S/C10H6Cl2FN/c1-5-9(11)7-4-6(13)2-3-8(7)14-10(5)12/h2-4H,1H3. The van der Waals surface area contributed by atoms with Crippen molar-refractivity contribution in [2.24, 2.45) is 0 Å². The van der Waals surface area contributed by atoms with Gasteiger partial charge in [0.2, 0.25) is 0 Å². The molecule has 2 aromatic rings. The smallest absolute Gasteiger partial charge is 0.134 e. The summed E-state index contributed by atoms with van der Waals surface area (Å²) in [6, 6.07) is 4.24. The van der Waals surface area contributed by atoms with Gasteiger partial charge in [-0.25, -0.2) is 9.37 Å². The molecule has 0 fully saturated rings. The van der Waals surface area contributed by atoms with Crippen LogP contribution in [0.1, 0.15) is 5.56 Å². The lowest BCUT2D eigenvalue weighted by atomic mass is 10.2. The van der Waals surface area contributed by atoms with E-state index in [0.29, 0.717) is 26.6 Å². The van der Waals surface area contributed by atoms with Crippen molar-refractivity contribution >= 4 is 34.1 Å². The van der Waals surface area contributed by atoms with Gasteiger partial charge in [0.15, 0.2) is 0 Å². The fourth-order valence-electron chi connectivity index (χ4n) is 1.26. The summed E-state index contributed by atoms with van der Waals surface area (Å²) in [4.78, 5) is 4.09. The summed E-state index contributed by atoms with van der Waals surface area (Å²) >= 11 is 11.9. The van der Waals surface area contributed by atoms with Crippen LogP contribution >= 0.6 is 23.2 Å². The van der Waals surface area contributed by atoms with E-state index in [2.05, 4.69) is 4.98 Å². The van der Waals surface area contributed by atoms with Crippen LogP contribution in [0.25, 0.3) is 10.9 Å². The average Bonchev–Trinajstić information content (AvgIpc) is 2.16. The summed E-state index contributed by atoms with van der Waals surface area (Å²) in [6.45, 7) is 1.75. The number of hydrogen-bond donors (Lipinski definition) is 0. The highest BCUT2D eigenvalue weighted by atomic mass is 35.5. The number of benzene rings is 1. The first-order valence-corrected chi connectivity index (χ1v) is 4.76. The van der Waals surface area contributed by atoms with Crippen molar-refractivity contribution in [3.63, 3.8) is 0 Å². The lowest BCUT2D eigenvalue weighted by molar-refractivity contribution is 0.629. The highest BCUT2D eigenvalue weighted by Gasteiger charge is 2.08. The van der Waals surface area contributed by atoms with E-state index in [9.17, 15) is 4.39 Å². The molecular weight excluding hydrogens is 224 g/mol. The van der Waals surface area contributed by atoms with Crippen LogP contribution in [0.4, 0.5) is 4.39 Å². The quantitative estimate of drug-likeness (QED) is 0.623. The monoisotopic (exact) mass is 229 g/mol. The summed E-state index contributed by atoms with van der Waals surface area (Å²) in [5.41, 5.74) is 1.28. The van der Waals surface area contributed by atoms with E-state index in [1.807, 2.05) is 0 Å². The highest BCUT2D eigenvalue weighted by Crippen LogP contribution is 2.30. The Morgan fingerprint density at radius 2 is 2.00 bits per heavy atom. The van der Waals surface area contributed by atoms with E-state index in [1.54, 1.807) is 13.0 Å². The van der Waals surface area contributed by atoms with Gasteiger partial charge < -0.3 is 0 Å². The van der Waals surface area contributed by atoms with Gasteiger partial charge in [0.25, 0.3) is 0 Å². The molecule has 0 aliphatic rings. The molecule has 0 saturated carbocycles. The first kappa shape index (κ1) is 9.69. The van der Waals surface area contributed by atoms with Gasteiger partial charge in [0, 0.05) is 10.9 Å². The molecule has 0 amide bonds. The largest absolute Gasteiger partial charge is 0.236 e. The summed E-state index contributed by atoms with van der Waals surface area (Å²) in [5.74, 6) is -0.331. The predicted molar refractivity (Wildman–Crippen MR) is 56.5 cm³/mol. The van der Waals surface area contributed by atoms with Gasteiger partial charge in [0.1, 0.15) is 11.0 Å². The third kappa shape index (κ3) is 1.45. The van der Waals surface area contributed by atoms with Gasteiger partial charge in [0.05, 0.1) is 10.5 Å². The van der Waals surface area contributed by atoms with Crippen molar-refractivity contribution in [3.05, 3.63) is 39.8 Å². The topological polar surface area (TPSA) is 12.9 Å². The normalized spacial score (nSPS) is 10.9. The number of fused-ring (bicyclic) bond motifs is 1. The summed E-state index contributed by atoms with van der Waals surface area (Å²) in [6.07, 6.45) is 0. The van der Waals surface area contributed by atoms with E-state index in [0.717, 1.165) is 0 Å². The predicted octanol–water partition coefficient (Wildman–Crippen LogP) is 3.99. The Morgan fingerprint density at radius 1 is 1.29 bits per heavy atom. The minimum atomic E-state index is -0.331. The van der Waals surface area contributed by atoms with Gasteiger partial charge >= 0.3 is 0 Å². The molecule has 0 aliphatic carbocycles. The number of nitrogens with zero attached hydrogens (tertiary/aromatic N) is 1. The number of rotatable bonds is 0. The van der Waals surface area contributed by atoms with Crippen molar-refractivity contribution in [1.29, 1.82) is 0 Å². The van der Waals surface area contributed by atoms with E-state index in [1.165, 1.54) is 12.1 Å². The third-order valence-corrected chi connectivity index (χ3v) is 2.91. The van der Waals surface area contributed by atoms with Crippen LogP contribution in [-0.2, 0) is 0 Å². The number of hydrogen-bond acceptors (Lipinski definition) is 1. The Balaban J connectivity index is 2.92. The fraction of sp³-hybridized carbons (Fsp3) is 0.100. The van der Waals surface area contributed by atoms with E-state index in [-0.39, 0.29) is 5.82 Å². The van der Waals surface area contributed by atoms with Crippen LogP contribution in [0.3, 0.4) is 0 Å². The van der Waals surface area contributed by atoms with Crippen LogP contribution in [-0.4, -0.2) is 4.98 Å². The molecule has 4 heteroatoms. The molecule has 0 aliphatic heterocycles. The van der Waals surface area contributed by atoms with E-state index < -0.39 is 0 Å². The maximum Gasteiger partial charge on any atom is 0.134 e. The van der Waals surface area contributed by atoms with Gasteiger partial charge in [-0.15, -0.1) is 0 Å². The number of halogens is 3. The SMILES string of the molecule is Cc1c(Cl)nc2ccc(F)cc2c1Cl. The summed E-state index contributed by atoms with van der Waals surface area (Å²) in [7, 11) is 0. The average molecular weight is 230 g/mol. The lowest BCUT2D eigenvalue weighted by Gasteiger charge is -2.05. The first-order chi connectivity index (χ1) is 6.59. The number of aromatic nitrogens is 1. The number of pyridine rings is 1. The third-order valence-electron chi connectivity index (χ3n) is 2.05. The Labute approximate surface area is 90.5 Å². The van der Waals surface area contributed by atoms with Crippen molar-refractivity contribution < 1.29 is 4.39 Å². The van der Waals surface area contributed by atoms with Crippen LogP contribution in [0.15, 0.2) is 18.2 Å². The molecule has 1 nitrogen and oxygen atoms in total. The molecule has 0 atom stereocenters. The van der Waals surface area contributed by atoms with Crippen LogP contribution in [0.5, 0.6) is 0 Å². The zero-order valence-electron chi connectivity index (χ0n) is 7.31. The Hall–Kier alpha value is -0.860. The Morgan fingerprint density at radius 3 is 2.71 bits per heavy atom. The van der Waals surface area contributed by atoms with E-state index >= 15 is 0 Å². The highest BCUT2D eigenvalue weighted by molar-refractivity contribution is 6.39. The maximum atomic E-state index is 12.9. The molecule has 1 aromatic carbocycles. The van der Waals surface area contributed by atoms with Crippen molar-refractivity contribution in [1.82, 2.24) is 4.98 Å². The van der Waals surface area contributed by atoms with Gasteiger partial charge in [-0.2, -0.15) is 0 Å². The van der Waals surface area contributed by atoms with Gasteiger partial charge in [-0.1, -0.05) is 23.2 Å². The summed E-state index contributed by atoms with van der Waals surface area (Å²) < 4.78 is 12.9.